The lowest BCUT2D eigenvalue weighted by Crippen LogP contribution is -2.15. The number of nitrogen functional groups attached to an aromatic ring is 1. The summed E-state index contributed by atoms with van der Waals surface area (Å²) in [5.41, 5.74) is 7.50. The zero-order valence-corrected chi connectivity index (χ0v) is 10.8. The van der Waals surface area contributed by atoms with E-state index in [9.17, 15) is 4.79 Å². The molecule has 102 valence electrons. The Bertz CT molecular complexity index is 623. The molecule has 1 aliphatic rings. The van der Waals surface area contributed by atoms with E-state index in [2.05, 4.69) is 4.98 Å². The predicted molar refractivity (Wildman–Crippen MR) is 73.3 cm³/mol. The number of hydrogen-bond donors (Lipinski definition) is 2. The maximum absolute atomic E-state index is 11.1. The molecule has 1 fully saturated rings. The molecular weight excluding hydrogens is 244 g/mol. The maximum atomic E-state index is 11.1. The second-order valence-corrected chi connectivity index (χ2v) is 5.22. The smallest absolute Gasteiger partial charge is 0.417 e. The van der Waals surface area contributed by atoms with Crippen LogP contribution in [0.1, 0.15) is 32.1 Å². The van der Waals surface area contributed by atoms with Crippen molar-refractivity contribution < 1.29 is 9.15 Å². The number of H-pyrrole nitrogens is 1. The molecule has 5 heteroatoms. The Morgan fingerprint density at radius 3 is 2.89 bits per heavy atom. The van der Waals surface area contributed by atoms with Gasteiger partial charge in [-0.25, -0.2) is 4.79 Å². The third-order valence-electron chi connectivity index (χ3n) is 3.75. The van der Waals surface area contributed by atoms with Crippen LogP contribution in [-0.4, -0.2) is 11.6 Å². The van der Waals surface area contributed by atoms with Crippen molar-refractivity contribution in [2.75, 3.05) is 12.3 Å². The summed E-state index contributed by atoms with van der Waals surface area (Å²) in [6.07, 6.45) is 6.37. The molecule has 0 unspecified atom stereocenters. The average molecular weight is 262 g/mol. The number of fused-ring (bicyclic) bond motifs is 1. The van der Waals surface area contributed by atoms with E-state index in [1.165, 1.54) is 32.1 Å². The number of nitrogens with one attached hydrogen (secondary N) is 1. The summed E-state index contributed by atoms with van der Waals surface area (Å²) in [6, 6.07) is 3.36. The van der Waals surface area contributed by atoms with Gasteiger partial charge in [-0.1, -0.05) is 19.3 Å². The van der Waals surface area contributed by atoms with Crippen LogP contribution in [0.15, 0.2) is 21.3 Å². The summed E-state index contributed by atoms with van der Waals surface area (Å²) in [5, 5.41) is 0. The largest absolute Gasteiger partial charge is 0.491 e. The van der Waals surface area contributed by atoms with Crippen molar-refractivity contribution in [3.8, 4) is 5.75 Å². The molecule has 0 radical (unpaired) electrons. The van der Waals surface area contributed by atoms with Crippen LogP contribution >= 0.6 is 0 Å². The highest BCUT2D eigenvalue weighted by Gasteiger charge is 2.15. The summed E-state index contributed by atoms with van der Waals surface area (Å²) in [5.74, 6) is 0.765. The molecular formula is C14H18N2O3. The minimum atomic E-state index is -0.473. The second kappa shape index (κ2) is 4.99. The van der Waals surface area contributed by atoms with Crippen LogP contribution in [0.2, 0.25) is 0 Å². The van der Waals surface area contributed by atoms with Crippen LogP contribution in [0.25, 0.3) is 11.1 Å². The molecule has 1 aromatic carbocycles. The number of aromatic nitrogens is 1. The highest BCUT2D eigenvalue weighted by atomic mass is 16.5. The molecule has 0 spiro atoms. The van der Waals surface area contributed by atoms with Gasteiger partial charge in [0.25, 0.3) is 0 Å². The lowest BCUT2D eigenvalue weighted by Gasteiger charge is -2.22. The molecule has 0 amide bonds. The highest BCUT2D eigenvalue weighted by molar-refractivity contribution is 5.80. The first-order valence-electron chi connectivity index (χ1n) is 6.77. The molecule has 1 aliphatic carbocycles. The SMILES string of the molecule is Nc1cc2oc(=O)[nH]c2cc1OCC1CCCCC1. The van der Waals surface area contributed by atoms with Gasteiger partial charge in [0.2, 0.25) is 0 Å². The molecule has 19 heavy (non-hydrogen) atoms. The third kappa shape index (κ3) is 2.59. The summed E-state index contributed by atoms with van der Waals surface area (Å²) in [7, 11) is 0. The molecule has 3 rings (SSSR count). The monoisotopic (exact) mass is 262 g/mol. The molecule has 0 aliphatic heterocycles. The fourth-order valence-corrected chi connectivity index (χ4v) is 2.68. The predicted octanol–water partition coefficient (Wildman–Crippen LogP) is 2.66. The fraction of sp³-hybridized carbons (Fsp3) is 0.500. The number of benzene rings is 1. The van der Waals surface area contributed by atoms with Crippen LogP contribution in [0.3, 0.4) is 0 Å². The number of nitrogens with two attached hydrogens (primary N) is 1. The minimum absolute atomic E-state index is 0.465. The van der Waals surface area contributed by atoms with Crippen LogP contribution in [0.5, 0.6) is 5.75 Å². The van der Waals surface area contributed by atoms with Gasteiger partial charge in [-0.05, 0) is 18.8 Å². The molecule has 0 atom stereocenters. The van der Waals surface area contributed by atoms with Crippen LogP contribution in [0, 0.1) is 5.92 Å². The number of aromatic amines is 1. The lowest BCUT2D eigenvalue weighted by atomic mass is 9.90. The van der Waals surface area contributed by atoms with Crippen LogP contribution in [0.4, 0.5) is 5.69 Å². The number of ether oxygens (including phenoxy) is 1. The van der Waals surface area contributed by atoms with E-state index >= 15 is 0 Å². The van der Waals surface area contributed by atoms with E-state index < -0.39 is 5.76 Å². The Morgan fingerprint density at radius 2 is 2.11 bits per heavy atom. The van der Waals surface area contributed by atoms with Gasteiger partial charge >= 0.3 is 5.76 Å². The lowest BCUT2D eigenvalue weighted by molar-refractivity contribution is 0.210. The van der Waals surface area contributed by atoms with E-state index in [1.807, 2.05) is 0 Å². The quantitative estimate of drug-likeness (QED) is 0.833. The molecule has 0 bridgehead atoms. The fourth-order valence-electron chi connectivity index (χ4n) is 2.68. The van der Waals surface area contributed by atoms with E-state index in [0.717, 1.165) is 0 Å². The van der Waals surface area contributed by atoms with Crippen molar-refractivity contribution in [3.05, 3.63) is 22.7 Å². The number of hydrogen-bond acceptors (Lipinski definition) is 4. The van der Waals surface area contributed by atoms with Crippen molar-refractivity contribution in [1.29, 1.82) is 0 Å². The van der Waals surface area contributed by atoms with Gasteiger partial charge in [0, 0.05) is 12.1 Å². The zero-order chi connectivity index (χ0) is 13.2. The Labute approximate surface area is 110 Å². The normalized spacial score (nSPS) is 16.8. The van der Waals surface area contributed by atoms with Crippen LogP contribution in [-0.2, 0) is 0 Å². The van der Waals surface area contributed by atoms with E-state index in [-0.39, 0.29) is 0 Å². The van der Waals surface area contributed by atoms with Gasteiger partial charge in [0.1, 0.15) is 5.75 Å². The summed E-state index contributed by atoms with van der Waals surface area (Å²) in [6.45, 7) is 0.692. The Kier molecular flexibility index (Phi) is 3.19. The first kappa shape index (κ1) is 12.1. The highest BCUT2D eigenvalue weighted by Crippen LogP contribution is 2.29. The Balaban J connectivity index is 1.76. The maximum Gasteiger partial charge on any atom is 0.417 e. The molecule has 2 aromatic rings. The molecule has 1 aromatic heterocycles. The molecule has 0 saturated heterocycles. The second-order valence-electron chi connectivity index (χ2n) is 5.22. The third-order valence-corrected chi connectivity index (χ3v) is 3.75. The van der Waals surface area contributed by atoms with Crippen molar-refractivity contribution in [2.24, 2.45) is 5.92 Å². The minimum Gasteiger partial charge on any atom is -0.491 e. The van der Waals surface area contributed by atoms with Crippen molar-refractivity contribution >= 4 is 16.8 Å². The summed E-state index contributed by atoms with van der Waals surface area (Å²) < 4.78 is 10.8. The van der Waals surface area contributed by atoms with E-state index in [0.29, 0.717) is 35.1 Å². The van der Waals surface area contributed by atoms with E-state index in [4.69, 9.17) is 14.9 Å². The van der Waals surface area contributed by atoms with Gasteiger partial charge in [-0.15, -0.1) is 0 Å². The molecule has 1 heterocycles. The first-order chi connectivity index (χ1) is 9.22. The number of oxazole rings is 1. The average Bonchev–Trinajstić information content (AvgIpc) is 2.76. The zero-order valence-electron chi connectivity index (χ0n) is 10.8. The number of rotatable bonds is 3. The van der Waals surface area contributed by atoms with Gasteiger partial charge in [-0.3, -0.25) is 4.98 Å². The van der Waals surface area contributed by atoms with Crippen LogP contribution < -0.4 is 16.2 Å². The molecule has 1 saturated carbocycles. The molecule has 5 nitrogen and oxygen atoms in total. The first-order valence-corrected chi connectivity index (χ1v) is 6.77. The van der Waals surface area contributed by atoms with Crippen molar-refractivity contribution in [2.45, 2.75) is 32.1 Å². The van der Waals surface area contributed by atoms with Gasteiger partial charge in [0.15, 0.2) is 5.58 Å². The van der Waals surface area contributed by atoms with Crippen molar-refractivity contribution in [1.82, 2.24) is 4.98 Å². The van der Waals surface area contributed by atoms with Gasteiger partial charge < -0.3 is 14.9 Å². The summed E-state index contributed by atoms with van der Waals surface area (Å²) in [4.78, 5) is 13.7. The molecule has 3 N–H and O–H groups in total. The number of anilines is 1. The van der Waals surface area contributed by atoms with Crippen molar-refractivity contribution in [3.63, 3.8) is 0 Å². The standard InChI is InChI=1S/C14H18N2O3/c15-10-6-13-11(16-14(17)19-13)7-12(10)18-8-9-4-2-1-3-5-9/h6-7,9H,1-5,8,15H2,(H,16,17). The van der Waals surface area contributed by atoms with Gasteiger partial charge in [-0.2, -0.15) is 0 Å². The summed E-state index contributed by atoms with van der Waals surface area (Å²) >= 11 is 0. The van der Waals surface area contributed by atoms with Gasteiger partial charge in [0.05, 0.1) is 17.8 Å². The Hall–Kier alpha value is -1.91. The van der Waals surface area contributed by atoms with E-state index in [1.54, 1.807) is 12.1 Å². The Morgan fingerprint density at radius 1 is 1.32 bits per heavy atom. The topological polar surface area (TPSA) is 81.2 Å².